The molecule has 96 valence electrons. The highest BCUT2D eigenvalue weighted by atomic mass is 16.4. The maximum atomic E-state index is 11.1. The van der Waals surface area contributed by atoms with Crippen LogP contribution in [0.3, 0.4) is 0 Å². The Labute approximate surface area is 103 Å². The van der Waals surface area contributed by atoms with Gasteiger partial charge in [-0.05, 0) is 18.9 Å². The smallest absolute Gasteiger partial charge is 0.408 e. The van der Waals surface area contributed by atoms with Crippen LogP contribution in [0.2, 0.25) is 0 Å². The van der Waals surface area contributed by atoms with Gasteiger partial charge in [0.1, 0.15) is 0 Å². The molecule has 2 aromatic rings. The minimum absolute atomic E-state index is 0.00516. The van der Waals surface area contributed by atoms with Crippen LogP contribution in [0.25, 0.3) is 11.1 Å². The largest absolute Gasteiger partial charge is 0.417 e. The van der Waals surface area contributed by atoms with Crippen LogP contribution in [0.5, 0.6) is 0 Å². The fourth-order valence-corrected chi connectivity index (χ4v) is 2.02. The highest BCUT2D eigenvalue weighted by molar-refractivity contribution is 5.85. The molecule has 0 atom stereocenters. The normalized spacial score (nSPS) is 16.9. The van der Waals surface area contributed by atoms with E-state index in [1.165, 1.54) is 0 Å². The molecule has 0 radical (unpaired) electrons. The molecule has 0 saturated heterocycles. The Morgan fingerprint density at radius 2 is 2.28 bits per heavy atom. The van der Waals surface area contributed by atoms with E-state index in [0.29, 0.717) is 23.3 Å². The molecule has 0 amide bonds. The van der Waals surface area contributed by atoms with Gasteiger partial charge in [0.2, 0.25) is 0 Å². The number of aliphatic hydroxyl groups excluding tert-OH is 1. The van der Waals surface area contributed by atoms with Crippen LogP contribution in [0, 0.1) is 5.41 Å². The van der Waals surface area contributed by atoms with Crippen LogP contribution in [-0.2, 0) is 0 Å². The Kier molecular flexibility index (Phi) is 2.34. The van der Waals surface area contributed by atoms with E-state index in [2.05, 4.69) is 10.3 Å². The Bertz CT molecular complexity index is 640. The molecular weight excluding hydrogens is 234 g/mol. The number of aromatic amines is 1. The Morgan fingerprint density at radius 1 is 1.50 bits per heavy atom. The van der Waals surface area contributed by atoms with Crippen LogP contribution in [0.1, 0.15) is 12.8 Å². The lowest BCUT2D eigenvalue weighted by atomic mass is 10.1. The molecule has 0 bridgehead atoms. The first-order valence-electron chi connectivity index (χ1n) is 5.89. The molecular formula is C12H15N3O3. The lowest BCUT2D eigenvalue weighted by molar-refractivity contribution is 0.220. The first-order chi connectivity index (χ1) is 8.62. The van der Waals surface area contributed by atoms with Crippen LogP contribution < -0.4 is 16.8 Å². The van der Waals surface area contributed by atoms with Gasteiger partial charge in [-0.2, -0.15) is 0 Å². The third kappa shape index (κ3) is 1.84. The van der Waals surface area contributed by atoms with Crippen molar-refractivity contribution in [1.29, 1.82) is 0 Å². The van der Waals surface area contributed by atoms with Crippen molar-refractivity contribution in [3.8, 4) is 0 Å². The van der Waals surface area contributed by atoms with Crippen molar-refractivity contribution in [2.45, 2.75) is 12.8 Å². The highest BCUT2D eigenvalue weighted by Gasteiger charge is 2.41. The van der Waals surface area contributed by atoms with Gasteiger partial charge in [-0.3, -0.25) is 4.98 Å². The van der Waals surface area contributed by atoms with Gasteiger partial charge in [0.15, 0.2) is 5.58 Å². The van der Waals surface area contributed by atoms with E-state index in [9.17, 15) is 9.90 Å². The van der Waals surface area contributed by atoms with E-state index >= 15 is 0 Å². The predicted octanol–water partition coefficient (Wildman–Crippen LogP) is 0.888. The molecule has 1 heterocycles. The fraction of sp³-hybridized carbons (Fsp3) is 0.417. The van der Waals surface area contributed by atoms with Gasteiger partial charge in [-0.25, -0.2) is 4.79 Å². The summed E-state index contributed by atoms with van der Waals surface area (Å²) in [6.45, 7) is 0.867. The van der Waals surface area contributed by atoms with E-state index < -0.39 is 5.76 Å². The highest BCUT2D eigenvalue weighted by Crippen LogP contribution is 2.45. The monoisotopic (exact) mass is 249 g/mol. The number of benzene rings is 1. The summed E-state index contributed by atoms with van der Waals surface area (Å²) >= 11 is 0. The second kappa shape index (κ2) is 3.78. The van der Waals surface area contributed by atoms with Crippen molar-refractivity contribution < 1.29 is 9.52 Å². The van der Waals surface area contributed by atoms with E-state index in [0.717, 1.165) is 18.5 Å². The zero-order valence-corrected chi connectivity index (χ0v) is 9.82. The van der Waals surface area contributed by atoms with E-state index in [-0.39, 0.29) is 12.0 Å². The number of aromatic nitrogens is 1. The Morgan fingerprint density at radius 3 is 2.94 bits per heavy atom. The minimum atomic E-state index is -0.490. The van der Waals surface area contributed by atoms with Crippen LogP contribution in [-0.4, -0.2) is 23.2 Å². The second-order valence-corrected chi connectivity index (χ2v) is 4.96. The summed E-state index contributed by atoms with van der Waals surface area (Å²) in [5.74, 6) is -0.490. The van der Waals surface area contributed by atoms with E-state index in [4.69, 9.17) is 10.2 Å². The van der Waals surface area contributed by atoms with Gasteiger partial charge in [0.05, 0.1) is 23.5 Å². The SMILES string of the molecule is Nc1cc2oc(=O)[nH]c2cc1NCC1(CO)CC1. The number of fused-ring (bicyclic) bond motifs is 1. The molecule has 1 aliphatic rings. The van der Waals surface area contributed by atoms with E-state index in [1.807, 2.05) is 0 Å². The summed E-state index contributed by atoms with van der Waals surface area (Å²) in [6, 6.07) is 3.37. The van der Waals surface area contributed by atoms with E-state index in [1.54, 1.807) is 12.1 Å². The molecule has 0 spiro atoms. The summed E-state index contributed by atoms with van der Waals surface area (Å²) < 4.78 is 4.92. The molecule has 1 aliphatic carbocycles. The molecule has 0 unspecified atom stereocenters. The summed E-state index contributed by atoms with van der Waals surface area (Å²) in [5.41, 5.74) is 8.23. The number of aliphatic hydroxyl groups is 1. The van der Waals surface area contributed by atoms with Crippen LogP contribution in [0.4, 0.5) is 11.4 Å². The first-order valence-corrected chi connectivity index (χ1v) is 5.89. The average Bonchev–Trinajstić information content (AvgIpc) is 3.03. The number of H-pyrrole nitrogens is 1. The maximum absolute atomic E-state index is 11.1. The molecule has 1 fully saturated rings. The van der Waals surface area contributed by atoms with Gasteiger partial charge in [0.25, 0.3) is 0 Å². The molecule has 0 aliphatic heterocycles. The van der Waals surface area contributed by atoms with Gasteiger partial charge < -0.3 is 20.6 Å². The molecule has 1 saturated carbocycles. The van der Waals surface area contributed by atoms with Crippen LogP contribution >= 0.6 is 0 Å². The standard InChI is InChI=1S/C12H15N3O3/c13-7-3-10-9(15-11(17)18-10)4-8(7)14-5-12(6-16)1-2-12/h3-4,14,16H,1-2,5-6,13H2,(H,15,17). The quantitative estimate of drug-likeness (QED) is 0.602. The number of hydrogen-bond acceptors (Lipinski definition) is 5. The predicted molar refractivity (Wildman–Crippen MR) is 68.5 cm³/mol. The van der Waals surface area contributed by atoms with Crippen molar-refractivity contribution >= 4 is 22.5 Å². The third-order valence-electron chi connectivity index (χ3n) is 3.54. The zero-order chi connectivity index (χ0) is 12.8. The number of rotatable bonds is 4. The number of hydrogen-bond donors (Lipinski definition) is 4. The lowest BCUT2D eigenvalue weighted by Gasteiger charge is -2.15. The molecule has 18 heavy (non-hydrogen) atoms. The van der Waals surface area contributed by atoms with Gasteiger partial charge in [-0.15, -0.1) is 0 Å². The average molecular weight is 249 g/mol. The maximum Gasteiger partial charge on any atom is 0.417 e. The third-order valence-corrected chi connectivity index (χ3v) is 3.54. The fourth-order valence-electron chi connectivity index (χ4n) is 2.02. The van der Waals surface area contributed by atoms with Gasteiger partial charge >= 0.3 is 5.76 Å². The molecule has 6 heteroatoms. The number of nitrogens with two attached hydrogens (primary N) is 1. The summed E-state index contributed by atoms with van der Waals surface area (Å²) in [7, 11) is 0. The number of anilines is 2. The lowest BCUT2D eigenvalue weighted by Crippen LogP contribution is -2.19. The molecule has 1 aromatic heterocycles. The van der Waals surface area contributed by atoms with Crippen molar-refractivity contribution in [3.63, 3.8) is 0 Å². The molecule has 6 nitrogen and oxygen atoms in total. The van der Waals surface area contributed by atoms with Crippen molar-refractivity contribution in [1.82, 2.24) is 4.98 Å². The van der Waals surface area contributed by atoms with Crippen molar-refractivity contribution in [2.75, 3.05) is 24.2 Å². The number of oxazole rings is 1. The molecule has 5 N–H and O–H groups in total. The Balaban J connectivity index is 1.86. The first kappa shape index (κ1) is 11.2. The van der Waals surface area contributed by atoms with Crippen LogP contribution in [0.15, 0.2) is 21.3 Å². The Hall–Kier alpha value is -1.95. The number of nitrogens with one attached hydrogen (secondary N) is 2. The zero-order valence-electron chi connectivity index (χ0n) is 9.82. The molecule has 3 rings (SSSR count). The van der Waals surface area contributed by atoms with Gasteiger partial charge in [-0.1, -0.05) is 0 Å². The van der Waals surface area contributed by atoms with Gasteiger partial charge in [0, 0.05) is 18.0 Å². The topological polar surface area (TPSA) is 104 Å². The summed E-state index contributed by atoms with van der Waals surface area (Å²) in [4.78, 5) is 13.7. The number of nitrogen functional groups attached to an aromatic ring is 1. The van der Waals surface area contributed by atoms with Crippen molar-refractivity contribution in [2.24, 2.45) is 5.41 Å². The van der Waals surface area contributed by atoms with Crippen molar-refractivity contribution in [3.05, 3.63) is 22.7 Å². The summed E-state index contributed by atoms with van der Waals surface area (Å²) in [5, 5.41) is 12.5. The minimum Gasteiger partial charge on any atom is -0.408 e. The molecule has 1 aromatic carbocycles. The second-order valence-electron chi connectivity index (χ2n) is 4.96. The summed E-state index contributed by atoms with van der Waals surface area (Å²) in [6.07, 6.45) is 2.06.